The van der Waals surface area contributed by atoms with Crippen molar-refractivity contribution in [1.29, 1.82) is 0 Å². The third-order valence-corrected chi connectivity index (χ3v) is 6.48. The highest BCUT2D eigenvalue weighted by molar-refractivity contribution is 6.34. The zero-order valence-corrected chi connectivity index (χ0v) is 22.1. The second kappa shape index (κ2) is 11.1. The predicted molar refractivity (Wildman–Crippen MR) is 148 cm³/mol. The molecule has 0 spiro atoms. The molecule has 0 bridgehead atoms. The van der Waals surface area contributed by atoms with Gasteiger partial charge in [-0.05, 0) is 66.2 Å². The van der Waals surface area contributed by atoms with Crippen molar-refractivity contribution in [2.45, 2.75) is 20.4 Å². The van der Waals surface area contributed by atoms with Gasteiger partial charge >= 0.3 is 0 Å². The van der Waals surface area contributed by atoms with E-state index in [1.807, 2.05) is 19.9 Å². The van der Waals surface area contributed by atoms with E-state index in [1.54, 1.807) is 72.3 Å². The lowest BCUT2D eigenvalue weighted by Crippen LogP contribution is -2.27. The molecule has 1 aromatic heterocycles. The summed E-state index contributed by atoms with van der Waals surface area (Å²) >= 11 is 12.2. The van der Waals surface area contributed by atoms with E-state index in [0.717, 1.165) is 16.5 Å². The molecule has 4 aromatic rings. The van der Waals surface area contributed by atoms with E-state index in [1.165, 1.54) is 0 Å². The Morgan fingerprint density at radius 2 is 1.51 bits per heavy atom. The van der Waals surface area contributed by atoms with Gasteiger partial charge in [-0.15, -0.1) is 0 Å². The molecule has 3 N–H and O–H groups in total. The topological polar surface area (TPSA) is 92.2 Å². The molecule has 7 nitrogen and oxygen atoms in total. The van der Waals surface area contributed by atoms with Gasteiger partial charge in [0.2, 0.25) is 5.91 Å². The summed E-state index contributed by atoms with van der Waals surface area (Å²) in [5.41, 5.74) is 3.55. The molecule has 0 atom stereocenters. The van der Waals surface area contributed by atoms with Crippen LogP contribution in [-0.2, 0) is 18.4 Å². The Labute approximate surface area is 224 Å². The minimum absolute atomic E-state index is 0.0710. The van der Waals surface area contributed by atoms with Crippen LogP contribution < -0.4 is 16.0 Å². The van der Waals surface area contributed by atoms with E-state index in [9.17, 15) is 14.4 Å². The molecular weight excluding hydrogens is 511 g/mol. The van der Waals surface area contributed by atoms with Crippen LogP contribution in [0.3, 0.4) is 0 Å². The number of nitrogens with zero attached hydrogens (tertiary/aromatic N) is 1. The smallest absolute Gasteiger partial charge is 0.272 e. The van der Waals surface area contributed by atoms with E-state index in [0.29, 0.717) is 39.2 Å². The van der Waals surface area contributed by atoms with Gasteiger partial charge in [0.15, 0.2) is 0 Å². The first-order valence-corrected chi connectivity index (χ1v) is 12.4. The Balaban J connectivity index is 1.51. The van der Waals surface area contributed by atoms with Gasteiger partial charge in [-0.25, -0.2) is 0 Å². The summed E-state index contributed by atoms with van der Waals surface area (Å²) in [4.78, 5) is 37.8. The number of aryl methyl sites for hydroxylation is 1. The number of anilines is 2. The van der Waals surface area contributed by atoms with Crippen LogP contribution >= 0.6 is 23.2 Å². The number of hydrogen-bond donors (Lipinski definition) is 3. The van der Waals surface area contributed by atoms with E-state index >= 15 is 0 Å². The molecule has 4 rings (SSSR count). The van der Waals surface area contributed by atoms with Crippen molar-refractivity contribution in [3.8, 4) is 0 Å². The molecular formula is C28H26Cl2N4O3. The number of carbonyl (C=O) groups is 3. The molecule has 190 valence electrons. The number of benzene rings is 3. The van der Waals surface area contributed by atoms with Crippen molar-refractivity contribution in [3.05, 3.63) is 93.6 Å². The summed E-state index contributed by atoms with van der Waals surface area (Å²) in [6.07, 6.45) is 0. The second-order valence-electron chi connectivity index (χ2n) is 8.96. The highest BCUT2D eigenvalue weighted by atomic mass is 35.5. The van der Waals surface area contributed by atoms with Crippen molar-refractivity contribution in [2.24, 2.45) is 13.0 Å². The Bertz CT molecular complexity index is 1490. The second-order valence-corrected chi connectivity index (χ2v) is 9.81. The van der Waals surface area contributed by atoms with Gasteiger partial charge in [-0.1, -0.05) is 43.1 Å². The van der Waals surface area contributed by atoms with Crippen molar-refractivity contribution < 1.29 is 14.4 Å². The van der Waals surface area contributed by atoms with Gasteiger partial charge < -0.3 is 20.5 Å². The molecule has 0 fully saturated rings. The van der Waals surface area contributed by atoms with E-state index in [2.05, 4.69) is 16.0 Å². The van der Waals surface area contributed by atoms with Gasteiger partial charge in [-0.3, -0.25) is 14.4 Å². The maximum atomic E-state index is 13.0. The highest BCUT2D eigenvalue weighted by Crippen LogP contribution is 2.25. The lowest BCUT2D eigenvalue weighted by molar-refractivity contribution is -0.124. The number of aromatic nitrogens is 1. The Morgan fingerprint density at radius 1 is 0.838 bits per heavy atom. The fourth-order valence-corrected chi connectivity index (χ4v) is 4.15. The molecule has 0 saturated heterocycles. The fraction of sp³-hybridized carbons (Fsp3) is 0.179. The van der Waals surface area contributed by atoms with Gasteiger partial charge in [0.1, 0.15) is 5.69 Å². The van der Waals surface area contributed by atoms with E-state index in [-0.39, 0.29) is 23.6 Å². The summed E-state index contributed by atoms with van der Waals surface area (Å²) in [6.45, 7) is 3.93. The number of amides is 3. The zero-order valence-electron chi connectivity index (χ0n) is 20.6. The lowest BCUT2D eigenvalue weighted by atomic mass is 10.1. The predicted octanol–water partition coefficient (Wildman–Crippen LogP) is 6.26. The summed E-state index contributed by atoms with van der Waals surface area (Å²) < 4.78 is 1.79. The van der Waals surface area contributed by atoms with Crippen LogP contribution in [0.1, 0.15) is 40.3 Å². The van der Waals surface area contributed by atoms with E-state index < -0.39 is 0 Å². The number of carbonyl (C=O) groups excluding carboxylic acids is 3. The minimum atomic E-state index is -0.377. The summed E-state index contributed by atoms with van der Waals surface area (Å²) in [6, 6.07) is 19.1. The highest BCUT2D eigenvalue weighted by Gasteiger charge is 2.16. The molecule has 0 unspecified atom stereocenters. The molecule has 37 heavy (non-hydrogen) atoms. The third kappa shape index (κ3) is 6.13. The average molecular weight is 537 g/mol. The van der Waals surface area contributed by atoms with Crippen molar-refractivity contribution in [2.75, 3.05) is 10.6 Å². The van der Waals surface area contributed by atoms with Crippen LogP contribution in [0.2, 0.25) is 10.0 Å². The van der Waals surface area contributed by atoms with Crippen LogP contribution in [0.15, 0.2) is 66.7 Å². The van der Waals surface area contributed by atoms with Gasteiger partial charge in [-0.2, -0.15) is 0 Å². The molecule has 0 aliphatic rings. The molecule has 0 aliphatic carbocycles. The van der Waals surface area contributed by atoms with Gasteiger partial charge in [0, 0.05) is 46.8 Å². The quantitative estimate of drug-likeness (QED) is 0.260. The summed E-state index contributed by atoms with van der Waals surface area (Å²) in [7, 11) is 1.81. The first-order chi connectivity index (χ1) is 17.6. The standard InChI is InChI=1S/C28H26Cl2N4O3/c1-16(2)26(35)31-15-17-4-10-23(30)22(12-17)27(36)33-21-9-11-24-18(13-21)14-25(34(24)3)28(37)32-20-7-5-19(29)6-8-20/h4-14,16H,15H2,1-3H3,(H,31,35)(H,32,37)(H,33,36). The van der Waals surface area contributed by atoms with Crippen LogP contribution in [0.5, 0.6) is 0 Å². The Hall–Kier alpha value is -3.81. The van der Waals surface area contributed by atoms with Crippen molar-refractivity contribution in [1.82, 2.24) is 9.88 Å². The summed E-state index contributed by atoms with van der Waals surface area (Å²) in [5, 5.41) is 10.2. The van der Waals surface area contributed by atoms with E-state index in [4.69, 9.17) is 23.2 Å². The fourth-order valence-electron chi connectivity index (χ4n) is 3.82. The van der Waals surface area contributed by atoms with Gasteiger partial charge in [0.25, 0.3) is 11.8 Å². The number of fused-ring (bicyclic) bond motifs is 1. The SMILES string of the molecule is CC(C)C(=O)NCc1ccc(Cl)c(C(=O)Nc2ccc3c(c2)cc(C(=O)Nc2ccc(Cl)cc2)n3C)c1. The maximum Gasteiger partial charge on any atom is 0.272 e. The molecule has 0 saturated carbocycles. The maximum absolute atomic E-state index is 13.0. The van der Waals surface area contributed by atoms with Crippen LogP contribution in [-0.4, -0.2) is 22.3 Å². The van der Waals surface area contributed by atoms with Crippen molar-refractivity contribution >= 4 is 63.2 Å². The largest absolute Gasteiger partial charge is 0.352 e. The molecule has 1 heterocycles. The van der Waals surface area contributed by atoms with Crippen molar-refractivity contribution in [3.63, 3.8) is 0 Å². The molecule has 3 amide bonds. The molecule has 0 aliphatic heterocycles. The third-order valence-electron chi connectivity index (χ3n) is 5.90. The lowest BCUT2D eigenvalue weighted by Gasteiger charge is -2.11. The number of nitrogens with one attached hydrogen (secondary N) is 3. The number of rotatable bonds is 7. The van der Waals surface area contributed by atoms with Crippen LogP contribution in [0, 0.1) is 5.92 Å². The first-order valence-electron chi connectivity index (χ1n) is 11.7. The number of hydrogen-bond acceptors (Lipinski definition) is 3. The van der Waals surface area contributed by atoms with Crippen LogP contribution in [0.4, 0.5) is 11.4 Å². The molecule has 3 aromatic carbocycles. The van der Waals surface area contributed by atoms with Crippen LogP contribution in [0.25, 0.3) is 10.9 Å². The van der Waals surface area contributed by atoms with Gasteiger partial charge in [0.05, 0.1) is 10.6 Å². The first kappa shape index (κ1) is 26.3. The monoisotopic (exact) mass is 536 g/mol. The minimum Gasteiger partial charge on any atom is -0.352 e. The average Bonchev–Trinajstić information content (AvgIpc) is 3.20. The number of halogens is 2. The zero-order chi connectivity index (χ0) is 26.7. The molecule has 0 radical (unpaired) electrons. The summed E-state index contributed by atoms with van der Waals surface area (Å²) in [5.74, 6) is -0.844. The Kier molecular flexibility index (Phi) is 7.86. The molecule has 9 heteroatoms. The Morgan fingerprint density at radius 3 is 2.22 bits per heavy atom. The normalized spacial score (nSPS) is 11.0.